The van der Waals surface area contributed by atoms with Crippen LogP contribution in [0, 0.1) is 0 Å². The lowest BCUT2D eigenvalue weighted by atomic mass is 10.1. The minimum Gasteiger partial charge on any atom is -0.487 e. The van der Waals surface area contributed by atoms with E-state index < -0.39 is 0 Å². The molecule has 112 valence electrons. The summed E-state index contributed by atoms with van der Waals surface area (Å²) in [6.07, 6.45) is 3.64. The number of nitrogens with one attached hydrogen (secondary N) is 1. The minimum absolute atomic E-state index is 0.264. The summed E-state index contributed by atoms with van der Waals surface area (Å²) in [6, 6.07) is 3.85. The Hall–Kier alpha value is -2.21. The topological polar surface area (TPSA) is 57.5 Å². The highest BCUT2D eigenvalue weighted by molar-refractivity contribution is 5.51. The van der Waals surface area contributed by atoms with Gasteiger partial charge in [-0.05, 0) is 20.0 Å². The van der Waals surface area contributed by atoms with Crippen LogP contribution in [0.4, 0.5) is 0 Å². The summed E-state index contributed by atoms with van der Waals surface area (Å²) in [7, 11) is 1.90. The summed E-state index contributed by atoms with van der Waals surface area (Å²) in [5, 5.41) is 3.14. The van der Waals surface area contributed by atoms with E-state index in [1.165, 1.54) is 0 Å². The van der Waals surface area contributed by atoms with Crippen LogP contribution in [0.2, 0.25) is 0 Å². The van der Waals surface area contributed by atoms with Crippen molar-refractivity contribution in [1.82, 2.24) is 14.9 Å². The predicted molar refractivity (Wildman–Crippen MR) is 77.6 cm³/mol. The molecule has 1 aliphatic heterocycles. The number of fused-ring (bicyclic) bond motifs is 1. The Kier molecular flexibility index (Phi) is 3.96. The fourth-order valence-electron chi connectivity index (χ4n) is 2.33. The standard InChI is InChI=1S/C15H19N3O3/c1-3-18-9-17-7-12(18)8-19-13-5-15-14(20-10-21-15)4-11(13)6-16-2/h4-5,7,9,16H,3,6,8,10H2,1-2H3. The van der Waals surface area contributed by atoms with Crippen LogP contribution in [0.3, 0.4) is 0 Å². The molecule has 0 aliphatic carbocycles. The highest BCUT2D eigenvalue weighted by Crippen LogP contribution is 2.38. The molecule has 2 heterocycles. The van der Waals surface area contributed by atoms with Crippen molar-refractivity contribution in [2.45, 2.75) is 26.6 Å². The molecule has 0 saturated carbocycles. The molecule has 1 aromatic carbocycles. The normalized spacial score (nSPS) is 12.7. The van der Waals surface area contributed by atoms with Gasteiger partial charge in [-0.25, -0.2) is 4.98 Å². The van der Waals surface area contributed by atoms with Crippen molar-refractivity contribution >= 4 is 0 Å². The SMILES string of the molecule is CCn1cncc1COc1cc2c(cc1CNC)OCO2. The first-order valence-corrected chi connectivity index (χ1v) is 7.00. The maximum absolute atomic E-state index is 5.97. The van der Waals surface area contributed by atoms with Gasteiger partial charge in [0.05, 0.1) is 18.2 Å². The largest absolute Gasteiger partial charge is 0.487 e. The van der Waals surface area contributed by atoms with Gasteiger partial charge in [0.1, 0.15) is 12.4 Å². The number of ether oxygens (including phenoxy) is 3. The molecule has 1 aromatic heterocycles. The average molecular weight is 289 g/mol. The number of hydrogen-bond donors (Lipinski definition) is 1. The van der Waals surface area contributed by atoms with Crippen LogP contribution < -0.4 is 19.5 Å². The van der Waals surface area contributed by atoms with Crippen LogP contribution in [0.1, 0.15) is 18.2 Å². The summed E-state index contributed by atoms with van der Waals surface area (Å²) in [5.74, 6) is 2.30. The molecule has 0 bridgehead atoms. The minimum atomic E-state index is 0.264. The predicted octanol–water partition coefficient (Wildman–Crippen LogP) is 1.93. The Balaban J connectivity index is 1.80. The van der Waals surface area contributed by atoms with Crippen molar-refractivity contribution in [3.05, 3.63) is 35.9 Å². The number of aryl methyl sites for hydroxylation is 1. The van der Waals surface area contributed by atoms with Gasteiger partial charge in [-0.2, -0.15) is 0 Å². The van der Waals surface area contributed by atoms with Crippen molar-refractivity contribution in [1.29, 1.82) is 0 Å². The van der Waals surface area contributed by atoms with Gasteiger partial charge in [0, 0.05) is 24.7 Å². The molecular formula is C15H19N3O3. The molecule has 0 unspecified atom stereocenters. The van der Waals surface area contributed by atoms with Gasteiger partial charge >= 0.3 is 0 Å². The van der Waals surface area contributed by atoms with E-state index >= 15 is 0 Å². The second-order valence-electron chi connectivity index (χ2n) is 4.80. The summed E-state index contributed by atoms with van der Waals surface area (Å²) in [5.41, 5.74) is 2.09. The molecule has 0 radical (unpaired) electrons. The summed E-state index contributed by atoms with van der Waals surface area (Å²) in [4.78, 5) is 4.15. The molecule has 2 aromatic rings. The smallest absolute Gasteiger partial charge is 0.231 e. The zero-order valence-electron chi connectivity index (χ0n) is 12.3. The Morgan fingerprint density at radius 2 is 2.14 bits per heavy atom. The lowest BCUT2D eigenvalue weighted by Crippen LogP contribution is -2.09. The lowest BCUT2D eigenvalue weighted by Gasteiger charge is -2.13. The van der Waals surface area contributed by atoms with Gasteiger partial charge in [0.2, 0.25) is 6.79 Å². The van der Waals surface area contributed by atoms with E-state index in [-0.39, 0.29) is 6.79 Å². The van der Waals surface area contributed by atoms with Crippen LogP contribution in [0.25, 0.3) is 0 Å². The fourth-order valence-corrected chi connectivity index (χ4v) is 2.33. The number of rotatable bonds is 6. The zero-order valence-corrected chi connectivity index (χ0v) is 12.3. The lowest BCUT2D eigenvalue weighted by molar-refractivity contribution is 0.173. The summed E-state index contributed by atoms with van der Waals surface area (Å²) in [6.45, 7) is 4.41. The van der Waals surface area contributed by atoms with E-state index in [9.17, 15) is 0 Å². The molecule has 6 nitrogen and oxygen atoms in total. The average Bonchev–Trinajstić information content (AvgIpc) is 3.13. The molecular weight excluding hydrogens is 270 g/mol. The molecule has 0 spiro atoms. The Labute approximate surface area is 123 Å². The van der Waals surface area contributed by atoms with Crippen LogP contribution >= 0.6 is 0 Å². The van der Waals surface area contributed by atoms with Crippen molar-refractivity contribution in [2.24, 2.45) is 0 Å². The molecule has 21 heavy (non-hydrogen) atoms. The molecule has 0 amide bonds. The van der Waals surface area contributed by atoms with Gasteiger partial charge < -0.3 is 24.1 Å². The van der Waals surface area contributed by atoms with Gasteiger partial charge in [-0.3, -0.25) is 0 Å². The molecule has 0 fully saturated rings. The maximum Gasteiger partial charge on any atom is 0.231 e. The molecule has 6 heteroatoms. The van der Waals surface area contributed by atoms with Crippen LogP contribution in [-0.2, 0) is 19.7 Å². The summed E-state index contributed by atoms with van der Waals surface area (Å²) >= 11 is 0. The van der Waals surface area contributed by atoms with Gasteiger partial charge in [0.25, 0.3) is 0 Å². The molecule has 0 atom stereocenters. The van der Waals surface area contributed by atoms with Gasteiger partial charge in [-0.15, -0.1) is 0 Å². The first kappa shape index (κ1) is 13.8. The van der Waals surface area contributed by atoms with Crippen molar-refractivity contribution in [3.8, 4) is 17.2 Å². The maximum atomic E-state index is 5.97. The quantitative estimate of drug-likeness (QED) is 0.880. The fraction of sp³-hybridized carbons (Fsp3) is 0.400. The molecule has 0 saturated heterocycles. The number of hydrogen-bond acceptors (Lipinski definition) is 5. The first-order chi connectivity index (χ1) is 10.3. The number of imidazole rings is 1. The third-order valence-electron chi connectivity index (χ3n) is 3.44. The van der Waals surface area contributed by atoms with Crippen molar-refractivity contribution < 1.29 is 14.2 Å². The summed E-state index contributed by atoms with van der Waals surface area (Å²) < 4.78 is 18.8. The van der Waals surface area contributed by atoms with Crippen molar-refractivity contribution in [2.75, 3.05) is 13.8 Å². The van der Waals surface area contributed by atoms with Gasteiger partial charge in [0.15, 0.2) is 11.5 Å². The van der Waals surface area contributed by atoms with E-state index in [4.69, 9.17) is 14.2 Å². The van der Waals surface area contributed by atoms with E-state index in [2.05, 4.69) is 21.8 Å². The third kappa shape index (κ3) is 2.80. The molecule has 1 aliphatic rings. The van der Waals surface area contributed by atoms with E-state index in [1.54, 1.807) is 0 Å². The van der Waals surface area contributed by atoms with Crippen molar-refractivity contribution in [3.63, 3.8) is 0 Å². The Morgan fingerprint density at radius 1 is 1.33 bits per heavy atom. The highest BCUT2D eigenvalue weighted by Gasteiger charge is 2.18. The van der Waals surface area contributed by atoms with E-state index in [0.717, 1.165) is 35.1 Å². The number of nitrogens with zero attached hydrogens (tertiary/aromatic N) is 2. The first-order valence-electron chi connectivity index (χ1n) is 7.00. The second-order valence-corrected chi connectivity index (χ2v) is 4.80. The van der Waals surface area contributed by atoms with Crippen LogP contribution in [0.5, 0.6) is 17.2 Å². The van der Waals surface area contributed by atoms with Crippen LogP contribution in [-0.4, -0.2) is 23.4 Å². The zero-order chi connectivity index (χ0) is 14.7. The number of aromatic nitrogens is 2. The van der Waals surface area contributed by atoms with Gasteiger partial charge in [-0.1, -0.05) is 0 Å². The second kappa shape index (κ2) is 6.05. The Bertz CT molecular complexity index is 625. The Morgan fingerprint density at radius 3 is 2.90 bits per heavy atom. The number of benzene rings is 1. The van der Waals surface area contributed by atoms with E-state index in [0.29, 0.717) is 13.2 Å². The monoisotopic (exact) mass is 289 g/mol. The molecule has 1 N–H and O–H groups in total. The third-order valence-corrected chi connectivity index (χ3v) is 3.44. The molecule has 3 rings (SSSR count). The van der Waals surface area contributed by atoms with E-state index in [1.807, 2.05) is 31.7 Å². The highest BCUT2D eigenvalue weighted by atomic mass is 16.7. The van der Waals surface area contributed by atoms with Crippen LogP contribution in [0.15, 0.2) is 24.7 Å².